The lowest BCUT2D eigenvalue weighted by molar-refractivity contribution is 0.120. The van der Waals surface area contributed by atoms with Crippen LogP contribution in [0.1, 0.15) is 32.4 Å². The molecule has 0 heterocycles. The molecule has 0 aliphatic rings. The summed E-state index contributed by atoms with van der Waals surface area (Å²) in [5.74, 6) is -0.216. The molecule has 1 aromatic carbocycles. The molecule has 3 nitrogen and oxygen atoms in total. The van der Waals surface area contributed by atoms with E-state index in [0.29, 0.717) is 0 Å². The van der Waals surface area contributed by atoms with Gasteiger partial charge in [0.2, 0.25) is 0 Å². The van der Waals surface area contributed by atoms with Gasteiger partial charge in [-0.1, -0.05) is 13.0 Å². The van der Waals surface area contributed by atoms with E-state index in [-0.39, 0.29) is 18.4 Å². The number of benzene rings is 1. The molecule has 0 saturated heterocycles. The summed E-state index contributed by atoms with van der Waals surface area (Å²) >= 11 is 0. The van der Waals surface area contributed by atoms with Gasteiger partial charge in [-0.3, -0.25) is 0 Å². The minimum atomic E-state index is -0.602. The van der Waals surface area contributed by atoms with E-state index in [2.05, 4.69) is 5.32 Å². The van der Waals surface area contributed by atoms with Crippen LogP contribution in [-0.2, 0) is 0 Å². The first-order valence-electron chi connectivity index (χ1n) is 5.88. The highest BCUT2D eigenvalue weighted by atomic mass is 19.1. The van der Waals surface area contributed by atoms with Crippen molar-refractivity contribution < 1.29 is 14.2 Å². The number of rotatable bonds is 6. The second kappa shape index (κ2) is 6.57. The van der Waals surface area contributed by atoms with Crippen LogP contribution in [0.3, 0.4) is 0 Å². The zero-order valence-corrected chi connectivity index (χ0v) is 10.5. The molecule has 1 aromatic rings. The predicted octanol–water partition coefficient (Wildman–Crippen LogP) is 2.26. The molecule has 0 saturated carbocycles. The van der Waals surface area contributed by atoms with Crippen LogP contribution in [0.2, 0.25) is 0 Å². The van der Waals surface area contributed by atoms with E-state index in [1.54, 1.807) is 13.0 Å². The molecule has 0 spiro atoms. The Morgan fingerprint density at radius 3 is 2.65 bits per heavy atom. The summed E-state index contributed by atoms with van der Waals surface area (Å²) in [4.78, 5) is 0. The fourth-order valence-corrected chi connectivity index (χ4v) is 1.54. The highest BCUT2D eigenvalue weighted by Crippen LogP contribution is 2.22. The van der Waals surface area contributed by atoms with Gasteiger partial charge in [-0.15, -0.1) is 0 Å². The minimum Gasteiger partial charge on any atom is -0.488 e. The van der Waals surface area contributed by atoms with E-state index in [0.717, 1.165) is 12.1 Å². The van der Waals surface area contributed by atoms with Gasteiger partial charge >= 0.3 is 0 Å². The summed E-state index contributed by atoms with van der Waals surface area (Å²) in [5.41, 5.74) is 0.883. The average Bonchev–Trinajstić information content (AvgIpc) is 2.27. The lowest BCUT2D eigenvalue weighted by atomic mass is 10.1. The van der Waals surface area contributed by atoms with Crippen LogP contribution in [-0.4, -0.2) is 24.4 Å². The Bertz CT molecular complexity index is 355. The quantitative estimate of drug-likeness (QED) is 0.802. The van der Waals surface area contributed by atoms with Crippen LogP contribution in [0.25, 0.3) is 0 Å². The molecule has 0 radical (unpaired) electrons. The van der Waals surface area contributed by atoms with Gasteiger partial charge in [0.15, 0.2) is 11.6 Å². The van der Waals surface area contributed by atoms with E-state index < -0.39 is 11.9 Å². The van der Waals surface area contributed by atoms with Gasteiger partial charge in [0, 0.05) is 6.04 Å². The van der Waals surface area contributed by atoms with E-state index >= 15 is 0 Å². The second-order valence-corrected chi connectivity index (χ2v) is 4.13. The van der Waals surface area contributed by atoms with Gasteiger partial charge in [-0.2, -0.15) is 0 Å². The van der Waals surface area contributed by atoms with Crippen molar-refractivity contribution in [3.05, 3.63) is 29.6 Å². The number of hydrogen-bond acceptors (Lipinski definition) is 3. The molecule has 1 rings (SSSR count). The molecule has 0 aromatic heterocycles. The average molecular weight is 241 g/mol. The molecule has 0 aliphatic heterocycles. The van der Waals surface area contributed by atoms with Crippen LogP contribution in [0.4, 0.5) is 4.39 Å². The van der Waals surface area contributed by atoms with Crippen molar-refractivity contribution in [1.29, 1.82) is 0 Å². The van der Waals surface area contributed by atoms with Crippen molar-refractivity contribution in [3.63, 3.8) is 0 Å². The maximum absolute atomic E-state index is 13.7. The third kappa shape index (κ3) is 4.32. The maximum Gasteiger partial charge on any atom is 0.165 e. The number of ether oxygens (including phenoxy) is 1. The van der Waals surface area contributed by atoms with Crippen molar-refractivity contribution in [2.24, 2.45) is 0 Å². The molecule has 2 atom stereocenters. The van der Waals surface area contributed by atoms with Gasteiger partial charge < -0.3 is 15.2 Å². The Morgan fingerprint density at radius 2 is 2.12 bits per heavy atom. The lowest BCUT2D eigenvalue weighted by Gasteiger charge is -2.14. The van der Waals surface area contributed by atoms with Crippen molar-refractivity contribution >= 4 is 0 Å². The van der Waals surface area contributed by atoms with E-state index in [1.807, 2.05) is 19.9 Å². The molecular formula is C13H20FNO2. The summed E-state index contributed by atoms with van der Waals surface area (Å²) < 4.78 is 18.8. The Kier molecular flexibility index (Phi) is 5.38. The second-order valence-electron chi connectivity index (χ2n) is 4.13. The van der Waals surface area contributed by atoms with Gasteiger partial charge in [0.05, 0.1) is 6.10 Å². The Balaban J connectivity index is 2.72. The highest BCUT2D eigenvalue weighted by molar-refractivity contribution is 5.30. The third-order valence-electron chi connectivity index (χ3n) is 2.45. The Hall–Kier alpha value is -1.13. The van der Waals surface area contributed by atoms with Gasteiger partial charge in [0.25, 0.3) is 0 Å². The molecule has 2 N–H and O–H groups in total. The van der Waals surface area contributed by atoms with Crippen molar-refractivity contribution in [1.82, 2.24) is 5.32 Å². The molecule has 2 unspecified atom stereocenters. The van der Waals surface area contributed by atoms with E-state index in [9.17, 15) is 4.39 Å². The molecule has 4 heteroatoms. The maximum atomic E-state index is 13.7. The Morgan fingerprint density at radius 1 is 1.41 bits per heavy atom. The normalized spacial score (nSPS) is 14.4. The monoisotopic (exact) mass is 241 g/mol. The number of halogens is 1. The molecule has 0 bridgehead atoms. The number of aliphatic hydroxyl groups excluding tert-OH is 1. The van der Waals surface area contributed by atoms with Crippen molar-refractivity contribution in [3.8, 4) is 5.75 Å². The number of hydrogen-bond donors (Lipinski definition) is 2. The summed E-state index contributed by atoms with van der Waals surface area (Å²) in [6.45, 7) is 6.52. The molecule has 0 fully saturated rings. The minimum absolute atomic E-state index is 0.0963. The van der Waals surface area contributed by atoms with Crippen molar-refractivity contribution in [2.75, 3.05) is 13.2 Å². The smallest absolute Gasteiger partial charge is 0.165 e. The molecule has 0 aliphatic carbocycles. The summed E-state index contributed by atoms with van der Waals surface area (Å²) in [5, 5.41) is 12.3. The van der Waals surface area contributed by atoms with Gasteiger partial charge in [-0.05, 0) is 38.1 Å². The van der Waals surface area contributed by atoms with E-state index in [1.165, 1.54) is 6.07 Å². The van der Waals surface area contributed by atoms with E-state index in [4.69, 9.17) is 9.84 Å². The topological polar surface area (TPSA) is 41.5 Å². The van der Waals surface area contributed by atoms with Crippen molar-refractivity contribution in [2.45, 2.75) is 32.9 Å². The summed E-state index contributed by atoms with van der Waals surface area (Å²) in [6, 6.07) is 5.00. The van der Waals surface area contributed by atoms with Crippen LogP contribution in [0, 0.1) is 5.82 Å². The Labute approximate surface area is 102 Å². The standard InChI is InChI=1S/C13H20FNO2/c1-4-15-10(3)11-5-6-13(12(14)7-11)17-8-9(2)16/h5-7,9-10,15-16H,4,8H2,1-3H3. The summed E-state index contributed by atoms with van der Waals surface area (Å²) in [6.07, 6.45) is -0.602. The summed E-state index contributed by atoms with van der Waals surface area (Å²) in [7, 11) is 0. The zero-order chi connectivity index (χ0) is 12.8. The first-order chi connectivity index (χ1) is 8.04. The fraction of sp³-hybridized carbons (Fsp3) is 0.538. The highest BCUT2D eigenvalue weighted by Gasteiger charge is 2.09. The molecule has 96 valence electrons. The molecular weight excluding hydrogens is 221 g/mol. The first-order valence-corrected chi connectivity index (χ1v) is 5.88. The first kappa shape index (κ1) is 13.9. The largest absolute Gasteiger partial charge is 0.488 e. The SMILES string of the molecule is CCNC(C)c1ccc(OCC(C)O)c(F)c1. The zero-order valence-electron chi connectivity index (χ0n) is 10.5. The predicted molar refractivity (Wildman–Crippen MR) is 65.7 cm³/mol. The number of aliphatic hydroxyl groups is 1. The fourth-order valence-electron chi connectivity index (χ4n) is 1.54. The van der Waals surface area contributed by atoms with Gasteiger partial charge in [0.1, 0.15) is 6.61 Å². The lowest BCUT2D eigenvalue weighted by Crippen LogP contribution is -2.18. The van der Waals surface area contributed by atoms with Crippen LogP contribution in [0.5, 0.6) is 5.75 Å². The molecule has 0 amide bonds. The van der Waals surface area contributed by atoms with Gasteiger partial charge in [-0.25, -0.2) is 4.39 Å². The number of nitrogens with one attached hydrogen (secondary N) is 1. The van der Waals surface area contributed by atoms with Crippen LogP contribution in [0.15, 0.2) is 18.2 Å². The van der Waals surface area contributed by atoms with Crippen LogP contribution < -0.4 is 10.1 Å². The molecule has 17 heavy (non-hydrogen) atoms. The van der Waals surface area contributed by atoms with Crippen LogP contribution >= 0.6 is 0 Å². The third-order valence-corrected chi connectivity index (χ3v) is 2.45.